The second-order valence-corrected chi connectivity index (χ2v) is 5.06. The van der Waals surface area contributed by atoms with Crippen LogP contribution in [0.15, 0.2) is 30.3 Å². The molecular formula is C14H21N2O2+. The number of nitrogens with two attached hydrogens (primary N) is 1. The van der Waals surface area contributed by atoms with E-state index in [0.29, 0.717) is 12.8 Å². The SMILES string of the molecule is COC(=O)C1(N)CC[NH+](Cc2ccccc2)CC1. The molecule has 0 saturated carbocycles. The predicted molar refractivity (Wildman–Crippen MR) is 69.0 cm³/mol. The number of likely N-dealkylation sites (tertiary alicyclic amines) is 1. The Morgan fingerprint density at radius 2 is 1.94 bits per heavy atom. The first kappa shape index (κ1) is 13.1. The third-order valence-corrected chi connectivity index (χ3v) is 3.74. The molecule has 0 unspecified atom stereocenters. The van der Waals surface area contributed by atoms with Crippen LogP contribution in [0.4, 0.5) is 0 Å². The molecule has 1 heterocycles. The molecule has 0 spiro atoms. The van der Waals surface area contributed by atoms with Crippen molar-refractivity contribution >= 4 is 5.97 Å². The van der Waals surface area contributed by atoms with E-state index in [1.807, 2.05) is 6.07 Å². The van der Waals surface area contributed by atoms with Crippen LogP contribution in [0.5, 0.6) is 0 Å². The molecule has 0 atom stereocenters. The molecule has 0 amide bonds. The molecular weight excluding hydrogens is 228 g/mol. The Kier molecular flexibility index (Phi) is 3.99. The fourth-order valence-corrected chi connectivity index (χ4v) is 2.52. The molecule has 98 valence electrons. The van der Waals surface area contributed by atoms with Gasteiger partial charge in [0.05, 0.1) is 20.2 Å². The fraction of sp³-hybridized carbons (Fsp3) is 0.500. The summed E-state index contributed by atoms with van der Waals surface area (Å²) in [5.74, 6) is -0.277. The number of hydrogen-bond donors (Lipinski definition) is 2. The Morgan fingerprint density at radius 1 is 1.33 bits per heavy atom. The molecule has 0 aromatic heterocycles. The summed E-state index contributed by atoms with van der Waals surface area (Å²) in [5, 5.41) is 0. The van der Waals surface area contributed by atoms with E-state index in [2.05, 4.69) is 24.3 Å². The fourth-order valence-electron chi connectivity index (χ4n) is 2.52. The van der Waals surface area contributed by atoms with Gasteiger partial charge in [0.1, 0.15) is 12.1 Å². The van der Waals surface area contributed by atoms with E-state index < -0.39 is 5.54 Å². The lowest BCUT2D eigenvalue weighted by Crippen LogP contribution is -3.12. The van der Waals surface area contributed by atoms with Gasteiger partial charge in [-0.2, -0.15) is 0 Å². The number of quaternary nitrogens is 1. The minimum Gasteiger partial charge on any atom is -0.468 e. The highest BCUT2D eigenvalue weighted by Gasteiger charge is 2.40. The van der Waals surface area contributed by atoms with Gasteiger partial charge in [0.2, 0.25) is 0 Å². The van der Waals surface area contributed by atoms with Crippen LogP contribution in [0.25, 0.3) is 0 Å². The van der Waals surface area contributed by atoms with Crippen molar-refractivity contribution in [3.05, 3.63) is 35.9 Å². The zero-order chi connectivity index (χ0) is 13.0. The summed E-state index contributed by atoms with van der Waals surface area (Å²) in [4.78, 5) is 13.1. The first-order valence-corrected chi connectivity index (χ1v) is 6.39. The zero-order valence-corrected chi connectivity index (χ0v) is 10.8. The van der Waals surface area contributed by atoms with Gasteiger partial charge >= 0.3 is 5.97 Å². The van der Waals surface area contributed by atoms with Crippen molar-refractivity contribution in [2.45, 2.75) is 24.9 Å². The molecule has 1 aromatic rings. The van der Waals surface area contributed by atoms with Crippen molar-refractivity contribution < 1.29 is 14.4 Å². The van der Waals surface area contributed by atoms with Crippen LogP contribution in [0.2, 0.25) is 0 Å². The molecule has 1 aromatic carbocycles. The van der Waals surface area contributed by atoms with E-state index in [9.17, 15) is 4.79 Å². The van der Waals surface area contributed by atoms with Crippen LogP contribution in [-0.2, 0) is 16.1 Å². The van der Waals surface area contributed by atoms with E-state index in [1.165, 1.54) is 17.6 Å². The molecule has 0 aliphatic carbocycles. The van der Waals surface area contributed by atoms with Crippen LogP contribution >= 0.6 is 0 Å². The first-order chi connectivity index (χ1) is 8.64. The molecule has 0 bridgehead atoms. The average molecular weight is 249 g/mol. The van der Waals surface area contributed by atoms with Crippen molar-refractivity contribution in [2.75, 3.05) is 20.2 Å². The third kappa shape index (κ3) is 2.89. The summed E-state index contributed by atoms with van der Waals surface area (Å²) in [6.45, 7) is 2.83. The Morgan fingerprint density at radius 3 is 2.50 bits per heavy atom. The first-order valence-electron chi connectivity index (χ1n) is 6.39. The number of ether oxygens (including phenoxy) is 1. The number of esters is 1. The van der Waals surface area contributed by atoms with E-state index in [1.54, 1.807) is 0 Å². The molecule has 1 fully saturated rings. The van der Waals surface area contributed by atoms with Crippen molar-refractivity contribution in [1.29, 1.82) is 0 Å². The number of piperidine rings is 1. The highest BCUT2D eigenvalue weighted by molar-refractivity contribution is 5.80. The van der Waals surface area contributed by atoms with Crippen LogP contribution in [0.3, 0.4) is 0 Å². The van der Waals surface area contributed by atoms with Gasteiger partial charge in [-0.25, -0.2) is 0 Å². The highest BCUT2D eigenvalue weighted by Crippen LogP contribution is 2.14. The number of methoxy groups -OCH3 is 1. The molecule has 0 radical (unpaired) electrons. The molecule has 4 nitrogen and oxygen atoms in total. The van der Waals surface area contributed by atoms with E-state index in [0.717, 1.165) is 19.6 Å². The van der Waals surface area contributed by atoms with Crippen LogP contribution in [-0.4, -0.2) is 31.7 Å². The smallest absolute Gasteiger partial charge is 0.326 e. The largest absolute Gasteiger partial charge is 0.468 e. The van der Waals surface area contributed by atoms with Gasteiger partial charge in [-0.15, -0.1) is 0 Å². The summed E-state index contributed by atoms with van der Waals surface area (Å²) in [5.41, 5.74) is 6.64. The van der Waals surface area contributed by atoms with Crippen LogP contribution in [0.1, 0.15) is 18.4 Å². The van der Waals surface area contributed by atoms with Gasteiger partial charge in [0, 0.05) is 18.4 Å². The summed E-state index contributed by atoms with van der Waals surface area (Å²) in [7, 11) is 1.40. The lowest BCUT2D eigenvalue weighted by Gasteiger charge is -2.34. The molecule has 18 heavy (non-hydrogen) atoms. The minimum atomic E-state index is -0.769. The average Bonchev–Trinajstić information content (AvgIpc) is 2.42. The molecule has 1 aliphatic rings. The number of benzene rings is 1. The van der Waals surface area contributed by atoms with Gasteiger partial charge in [-0.05, 0) is 0 Å². The summed E-state index contributed by atoms with van der Waals surface area (Å²) < 4.78 is 4.77. The van der Waals surface area contributed by atoms with Gasteiger partial charge in [-0.1, -0.05) is 30.3 Å². The van der Waals surface area contributed by atoms with Crippen LogP contribution < -0.4 is 10.6 Å². The lowest BCUT2D eigenvalue weighted by atomic mass is 9.88. The summed E-state index contributed by atoms with van der Waals surface area (Å²) >= 11 is 0. The highest BCUT2D eigenvalue weighted by atomic mass is 16.5. The van der Waals surface area contributed by atoms with Gasteiger partial charge in [0.15, 0.2) is 0 Å². The van der Waals surface area contributed by atoms with E-state index >= 15 is 0 Å². The molecule has 1 saturated heterocycles. The predicted octanol–water partition coefficient (Wildman–Crippen LogP) is -0.264. The Labute approximate surface area is 108 Å². The topological polar surface area (TPSA) is 56.8 Å². The zero-order valence-electron chi connectivity index (χ0n) is 10.8. The van der Waals surface area contributed by atoms with Crippen molar-refractivity contribution in [1.82, 2.24) is 0 Å². The molecule has 3 N–H and O–H groups in total. The number of carbonyl (C=O) groups is 1. The molecule has 4 heteroatoms. The van der Waals surface area contributed by atoms with Crippen LogP contribution in [0, 0.1) is 0 Å². The maximum absolute atomic E-state index is 11.6. The number of rotatable bonds is 3. The van der Waals surface area contributed by atoms with Gasteiger partial charge < -0.3 is 15.4 Å². The summed E-state index contributed by atoms with van der Waals surface area (Å²) in [6.07, 6.45) is 1.39. The quantitative estimate of drug-likeness (QED) is 0.725. The van der Waals surface area contributed by atoms with E-state index in [4.69, 9.17) is 10.5 Å². The van der Waals surface area contributed by atoms with Gasteiger partial charge in [0.25, 0.3) is 0 Å². The second-order valence-electron chi connectivity index (χ2n) is 5.06. The number of carbonyl (C=O) groups excluding carboxylic acids is 1. The Balaban J connectivity index is 1.89. The maximum atomic E-state index is 11.6. The summed E-state index contributed by atoms with van der Waals surface area (Å²) in [6, 6.07) is 10.4. The normalized spacial score (nSPS) is 27.8. The molecule has 1 aliphatic heterocycles. The van der Waals surface area contributed by atoms with Crippen molar-refractivity contribution in [2.24, 2.45) is 5.73 Å². The Bertz CT molecular complexity index is 398. The standard InChI is InChI=1S/C14H20N2O2/c1-18-13(17)14(15)7-9-16(10-8-14)11-12-5-3-2-4-6-12/h2-6H,7-11,15H2,1H3/p+1. The second kappa shape index (κ2) is 5.50. The lowest BCUT2D eigenvalue weighted by molar-refractivity contribution is -0.919. The maximum Gasteiger partial charge on any atom is 0.326 e. The third-order valence-electron chi connectivity index (χ3n) is 3.74. The minimum absolute atomic E-state index is 0.277. The Hall–Kier alpha value is -1.39. The van der Waals surface area contributed by atoms with Gasteiger partial charge in [-0.3, -0.25) is 4.79 Å². The number of hydrogen-bond acceptors (Lipinski definition) is 3. The van der Waals surface area contributed by atoms with Crippen molar-refractivity contribution in [3.63, 3.8) is 0 Å². The molecule has 2 rings (SSSR count). The van der Waals surface area contributed by atoms with E-state index in [-0.39, 0.29) is 5.97 Å². The number of nitrogens with one attached hydrogen (secondary N) is 1. The monoisotopic (exact) mass is 249 g/mol. The van der Waals surface area contributed by atoms with Crippen molar-refractivity contribution in [3.8, 4) is 0 Å².